The highest BCUT2D eigenvalue weighted by Gasteiger charge is 2.74. The zero-order valence-corrected chi connectivity index (χ0v) is 21.1. The molecule has 3 aliphatic rings. The average Bonchev–Trinajstić information content (AvgIpc) is 3.40. The van der Waals surface area contributed by atoms with Crippen molar-refractivity contribution in [2.24, 2.45) is 11.8 Å². The predicted octanol–water partition coefficient (Wildman–Crippen LogP) is 2.78. The van der Waals surface area contributed by atoms with E-state index in [2.05, 4.69) is 13.2 Å². The Morgan fingerprint density at radius 3 is 2.61 bits per heavy atom. The number of carbonyl (C=O) groups excluding carboxylic acids is 3. The summed E-state index contributed by atoms with van der Waals surface area (Å²) in [5.74, 6) is -1.89. The predicted molar refractivity (Wildman–Crippen MR) is 130 cm³/mol. The molecule has 2 bridgehead atoms. The van der Waals surface area contributed by atoms with Crippen LogP contribution in [0.4, 0.5) is 0 Å². The number of fused-ring (bicyclic) bond motifs is 1. The number of nitrogens with zero attached hydrogens (tertiary/aromatic N) is 2. The van der Waals surface area contributed by atoms with Crippen LogP contribution in [0.15, 0.2) is 25.3 Å². The number of hydrogen-bond donors (Lipinski definition) is 1. The Kier molecular flexibility index (Phi) is 7.68. The molecule has 7 nitrogen and oxygen atoms in total. The van der Waals surface area contributed by atoms with E-state index in [1.165, 1.54) is 0 Å². The molecule has 3 saturated heterocycles. The van der Waals surface area contributed by atoms with E-state index in [-0.39, 0.29) is 36.2 Å². The molecule has 184 valence electrons. The number of esters is 1. The smallest absolute Gasteiger partial charge is 0.310 e. The number of hydrogen-bond acceptors (Lipinski definition) is 6. The number of ether oxygens (including phenoxy) is 1. The second kappa shape index (κ2) is 9.82. The van der Waals surface area contributed by atoms with E-state index in [0.29, 0.717) is 25.8 Å². The van der Waals surface area contributed by atoms with Crippen molar-refractivity contribution in [1.29, 1.82) is 0 Å². The van der Waals surface area contributed by atoms with E-state index in [0.717, 1.165) is 6.42 Å². The normalized spacial score (nSPS) is 31.3. The number of thioether (sulfide) groups is 1. The van der Waals surface area contributed by atoms with Crippen molar-refractivity contribution < 1.29 is 24.2 Å². The molecule has 6 atom stereocenters. The van der Waals surface area contributed by atoms with Crippen LogP contribution in [-0.4, -0.2) is 80.1 Å². The van der Waals surface area contributed by atoms with Crippen molar-refractivity contribution in [3.05, 3.63) is 25.3 Å². The van der Waals surface area contributed by atoms with Gasteiger partial charge in [-0.15, -0.1) is 24.9 Å². The zero-order chi connectivity index (χ0) is 24.6. The second-order valence-electron chi connectivity index (χ2n) is 10.2. The maximum atomic E-state index is 14.1. The molecule has 8 heteroatoms. The maximum absolute atomic E-state index is 14.1. The molecule has 33 heavy (non-hydrogen) atoms. The average molecular weight is 479 g/mol. The van der Waals surface area contributed by atoms with Crippen LogP contribution in [0.3, 0.4) is 0 Å². The van der Waals surface area contributed by atoms with Gasteiger partial charge in [0.05, 0.1) is 35.8 Å². The van der Waals surface area contributed by atoms with Crippen molar-refractivity contribution in [2.45, 2.75) is 81.0 Å². The zero-order valence-electron chi connectivity index (χ0n) is 20.3. The number of aliphatic hydroxyl groups is 1. The Bertz CT molecular complexity index is 805. The van der Waals surface area contributed by atoms with Crippen LogP contribution in [-0.2, 0) is 19.1 Å². The largest absolute Gasteiger partial charge is 0.465 e. The van der Waals surface area contributed by atoms with Crippen molar-refractivity contribution in [2.75, 3.05) is 19.8 Å². The minimum atomic E-state index is -0.729. The Labute approximate surface area is 201 Å². The minimum absolute atomic E-state index is 0.0377. The molecule has 2 unspecified atom stereocenters. The van der Waals surface area contributed by atoms with E-state index < -0.39 is 34.2 Å². The monoisotopic (exact) mass is 478 g/mol. The molecule has 1 spiro atoms. The molecule has 0 saturated carbocycles. The van der Waals surface area contributed by atoms with E-state index in [4.69, 9.17) is 4.74 Å². The topological polar surface area (TPSA) is 87.2 Å². The first-order valence-electron chi connectivity index (χ1n) is 11.9. The van der Waals surface area contributed by atoms with E-state index in [1.807, 2.05) is 27.7 Å². The van der Waals surface area contributed by atoms with Gasteiger partial charge in [-0.05, 0) is 46.5 Å². The Balaban J connectivity index is 2.05. The third kappa shape index (κ3) is 4.25. The van der Waals surface area contributed by atoms with Gasteiger partial charge in [-0.3, -0.25) is 14.4 Å². The molecule has 3 heterocycles. The number of likely N-dealkylation sites (tertiary alicyclic amines) is 1. The van der Waals surface area contributed by atoms with Gasteiger partial charge >= 0.3 is 5.97 Å². The van der Waals surface area contributed by atoms with Crippen LogP contribution in [0.1, 0.15) is 53.4 Å². The fourth-order valence-electron chi connectivity index (χ4n) is 5.76. The molecule has 2 amide bonds. The summed E-state index contributed by atoms with van der Waals surface area (Å²) in [7, 11) is 0. The van der Waals surface area contributed by atoms with E-state index in [1.54, 1.807) is 33.7 Å². The third-order valence-electron chi connectivity index (χ3n) is 7.27. The van der Waals surface area contributed by atoms with Crippen LogP contribution < -0.4 is 0 Å². The van der Waals surface area contributed by atoms with Gasteiger partial charge in [0.25, 0.3) is 0 Å². The molecule has 1 N–H and O–H groups in total. The minimum Gasteiger partial charge on any atom is -0.465 e. The lowest BCUT2D eigenvalue weighted by Crippen LogP contribution is -2.60. The highest BCUT2D eigenvalue weighted by Crippen LogP contribution is 2.67. The summed E-state index contributed by atoms with van der Waals surface area (Å²) in [5.41, 5.74) is -0.472. The molecule has 3 fully saturated rings. The Morgan fingerprint density at radius 1 is 1.36 bits per heavy atom. The molecule has 0 aromatic heterocycles. The molecule has 0 aromatic rings. The highest BCUT2D eigenvalue weighted by molar-refractivity contribution is 8.02. The van der Waals surface area contributed by atoms with E-state index >= 15 is 0 Å². The molecular formula is C25H38N2O5S. The van der Waals surface area contributed by atoms with Crippen molar-refractivity contribution in [3.8, 4) is 0 Å². The van der Waals surface area contributed by atoms with Crippen molar-refractivity contribution in [1.82, 2.24) is 9.80 Å². The van der Waals surface area contributed by atoms with Crippen molar-refractivity contribution in [3.63, 3.8) is 0 Å². The van der Waals surface area contributed by atoms with Crippen LogP contribution in [0.2, 0.25) is 0 Å². The van der Waals surface area contributed by atoms with Crippen molar-refractivity contribution >= 4 is 29.5 Å². The summed E-state index contributed by atoms with van der Waals surface area (Å²) in [6.45, 7) is 15.6. The van der Waals surface area contributed by atoms with Gasteiger partial charge in [-0.25, -0.2) is 0 Å². The van der Waals surface area contributed by atoms with Crippen LogP contribution >= 0.6 is 11.8 Å². The van der Waals surface area contributed by atoms with Gasteiger partial charge in [0.2, 0.25) is 11.8 Å². The lowest BCUT2D eigenvalue weighted by atomic mass is 9.71. The lowest BCUT2D eigenvalue weighted by molar-refractivity contribution is -0.154. The number of carbonyl (C=O) groups is 3. The summed E-state index contributed by atoms with van der Waals surface area (Å²) in [4.78, 5) is 44.5. The molecule has 3 rings (SSSR count). The number of amides is 2. The Morgan fingerprint density at radius 2 is 2.06 bits per heavy atom. The quantitative estimate of drug-likeness (QED) is 0.295. The first kappa shape index (κ1) is 25.8. The van der Waals surface area contributed by atoms with Crippen LogP contribution in [0, 0.1) is 11.8 Å². The Hall–Kier alpha value is -1.80. The summed E-state index contributed by atoms with van der Waals surface area (Å²) < 4.78 is 4.82. The lowest BCUT2D eigenvalue weighted by Gasteiger charge is -2.43. The molecular weight excluding hydrogens is 440 g/mol. The van der Waals surface area contributed by atoms with Gasteiger partial charge in [-0.2, -0.15) is 0 Å². The summed E-state index contributed by atoms with van der Waals surface area (Å²) in [6.07, 6.45) is 5.92. The SMILES string of the molecule is C=CCCOC(=O)[C@@H]1[C@@H]2CCC3(S2)C(C(=O)N(CC=C)C(C)(C)C)N([C@@H](CC)CO)C(=O)[C@H]13. The van der Waals surface area contributed by atoms with E-state index in [9.17, 15) is 19.5 Å². The molecule has 0 aromatic carbocycles. The van der Waals surface area contributed by atoms with Gasteiger partial charge in [0.1, 0.15) is 6.04 Å². The fraction of sp³-hybridized carbons (Fsp3) is 0.720. The molecule has 0 aliphatic carbocycles. The standard InChI is InChI=1S/C25H38N2O5S/c1-7-10-14-32-23(31)18-17-11-12-25(33-17)19(18)21(29)27(16(9-3)15-28)20(25)22(30)26(13-8-2)24(4,5)6/h7-8,16-20,28H,1-2,9-15H2,3-6H3/t16-,17-,18+,19-,20?,25?/m0/s1. The summed E-state index contributed by atoms with van der Waals surface area (Å²) >= 11 is 1.62. The number of rotatable bonds is 10. The maximum Gasteiger partial charge on any atom is 0.310 e. The van der Waals surface area contributed by atoms with Crippen LogP contribution in [0.5, 0.6) is 0 Å². The van der Waals surface area contributed by atoms with Crippen LogP contribution in [0.25, 0.3) is 0 Å². The third-order valence-corrected chi connectivity index (χ3v) is 9.23. The van der Waals surface area contributed by atoms with Gasteiger partial charge < -0.3 is 19.6 Å². The fourth-order valence-corrected chi connectivity index (χ4v) is 7.94. The summed E-state index contributed by atoms with van der Waals surface area (Å²) in [5, 5.41) is 10.1. The van der Waals surface area contributed by atoms with Gasteiger partial charge in [-0.1, -0.05) is 19.1 Å². The van der Waals surface area contributed by atoms with Gasteiger partial charge in [0.15, 0.2) is 0 Å². The van der Waals surface area contributed by atoms with Gasteiger partial charge in [0, 0.05) is 17.3 Å². The number of aliphatic hydroxyl groups excluding tert-OH is 1. The second-order valence-corrected chi connectivity index (χ2v) is 11.8. The molecule has 0 radical (unpaired) electrons. The summed E-state index contributed by atoms with van der Waals surface area (Å²) in [6, 6.07) is -1.21. The first-order chi connectivity index (χ1) is 15.6. The molecule has 3 aliphatic heterocycles. The first-order valence-corrected chi connectivity index (χ1v) is 12.8. The highest BCUT2D eigenvalue weighted by atomic mass is 32.2.